The number of carbonyl (C=O) groups is 1. The summed E-state index contributed by atoms with van der Waals surface area (Å²) in [7, 11) is 2.16. The number of nitrogens with two attached hydrogens (primary N) is 1. The SMILES string of the molecule is CCCCN(C)CCCC[C@H](N)C(=O)CC. The second-order valence-corrected chi connectivity index (χ2v) is 4.58. The number of unbranched alkanes of at least 4 members (excludes halogenated alkanes) is 2. The van der Waals surface area contributed by atoms with Crippen molar-refractivity contribution >= 4 is 5.78 Å². The highest BCUT2D eigenvalue weighted by molar-refractivity contribution is 5.83. The summed E-state index contributed by atoms with van der Waals surface area (Å²) in [5.41, 5.74) is 5.76. The molecule has 0 aromatic rings. The third kappa shape index (κ3) is 7.83. The lowest BCUT2D eigenvalue weighted by atomic mass is 10.0. The molecule has 0 aliphatic carbocycles. The largest absolute Gasteiger partial charge is 0.322 e. The average molecular weight is 228 g/mol. The van der Waals surface area contributed by atoms with Crippen LogP contribution in [-0.4, -0.2) is 36.9 Å². The van der Waals surface area contributed by atoms with Crippen molar-refractivity contribution < 1.29 is 4.79 Å². The Balaban J connectivity index is 3.41. The zero-order valence-electron chi connectivity index (χ0n) is 11.2. The molecular formula is C13H28N2O. The molecule has 0 fully saturated rings. The first-order chi connectivity index (χ1) is 7.61. The number of Topliss-reactive ketones (excluding diaryl/α,β-unsaturated/α-hetero) is 1. The molecule has 96 valence electrons. The van der Waals surface area contributed by atoms with E-state index in [1.54, 1.807) is 0 Å². The zero-order chi connectivity index (χ0) is 12.4. The summed E-state index contributed by atoms with van der Waals surface area (Å²) in [4.78, 5) is 13.6. The molecule has 0 radical (unpaired) electrons. The van der Waals surface area contributed by atoms with Gasteiger partial charge in [-0.05, 0) is 39.4 Å². The number of ketones is 1. The van der Waals surface area contributed by atoms with Crippen LogP contribution in [-0.2, 0) is 4.79 Å². The Hall–Kier alpha value is -0.410. The predicted octanol–water partition coefficient (Wildman–Crippen LogP) is 2.20. The van der Waals surface area contributed by atoms with Crippen molar-refractivity contribution in [1.29, 1.82) is 0 Å². The van der Waals surface area contributed by atoms with Crippen LogP contribution in [0.15, 0.2) is 0 Å². The highest BCUT2D eigenvalue weighted by Gasteiger charge is 2.10. The van der Waals surface area contributed by atoms with E-state index in [4.69, 9.17) is 5.73 Å². The van der Waals surface area contributed by atoms with Crippen LogP contribution in [0.3, 0.4) is 0 Å². The van der Waals surface area contributed by atoms with Gasteiger partial charge in [0.2, 0.25) is 0 Å². The Bertz CT molecular complexity index is 183. The Morgan fingerprint density at radius 2 is 1.81 bits per heavy atom. The number of rotatable bonds is 10. The van der Waals surface area contributed by atoms with Crippen LogP contribution >= 0.6 is 0 Å². The quantitative estimate of drug-likeness (QED) is 0.583. The topological polar surface area (TPSA) is 46.3 Å². The van der Waals surface area contributed by atoms with Crippen molar-refractivity contribution in [2.75, 3.05) is 20.1 Å². The van der Waals surface area contributed by atoms with E-state index in [0.717, 1.165) is 25.8 Å². The van der Waals surface area contributed by atoms with E-state index < -0.39 is 0 Å². The molecule has 0 aliphatic heterocycles. The molecule has 0 amide bonds. The summed E-state index contributed by atoms with van der Waals surface area (Å²) < 4.78 is 0. The van der Waals surface area contributed by atoms with E-state index in [1.165, 1.54) is 19.4 Å². The van der Waals surface area contributed by atoms with Crippen LogP contribution in [0, 0.1) is 0 Å². The average Bonchev–Trinajstić information content (AvgIpc) is 2.30. The van der Waals surface area contributed by atoms with Crippen molar-refractivity contribution in [1.82, 2.24) is 4.90 Å². The van der Waals surface area contributed by atoms with Gasteiger partial charge < -0.3 is 10.6 Å². The van der Waals surface area contributed by atoms with Crippen LogP contribution < -0.4 is 5.73 Å². The maximum atomic E-state index is 11.2. The fourth-order valence-electron chi connectivity index (χ4n) is 1.71. The van der Waals surface area contributed by atoms with Crippen molar-refractivity contribution in [2.24, 2.45) is 5.73 Å². The van der Waals surface area contributed by atoms with E-state index in [9.17, 15) is 4.79 Å². The van der Waals surface area contributed by atoms with Gasteiger partial charge in [-0.25, -0.2) is 0 Å². The lowest BCUT2D eigenvalue weighted by molar-refractivity contribution is -0.120. The monoisotopic (exact) mass is 228 g/mol. The number of hydrogen-bond donors (Lipinski definition) is 1. The van der Waals surface area contributed by atoms with E-state index in [0.29, 0.717) is 6.42 Å². The number of nitrogens with zero attached hydrogens (tertiary/aromatic N) is 1. The maximum absolute atomic E-state index is 11.2. The van der Waals surface area contributed by atoms with Gasteiger partial charge in [-0.2, -0.15) is 0 Å². The van der Waals surface area contributed by atoms with E-state index >= 15 is 0 Å². The van der Waals surface area contributed by atoms with Crippen molar-refractivity contribution in [3.8, 4) is 0 Å². The molecule has 0 rings (SSSR count). The van der Waals surface area contributed by atoms with Gasteiger partial charge in [-0.1, -0.05) is 26.7 Å². The molecule has 0 saturated carbocycles. The Kier molecular flexibility index (Phi) is 9.54. The minimum Gasteiger partial charge on any atom is -0.322 e. The molecule has 2 N–H and O–H groups in total. The molecule has 0 bridgehead atoms. The summed E-state index contributed by atoms with van der Waals surface area (Å²) in [5, 5.41) is 0. The highest BCUT2D eigenvalue weighted by atomic mass is 16.1. The summed E-state index contributed by atoms with van der Waals surface area (Å²) in [5.74, 6) is 0.194. The lowest BCUT2D eigenvalue weighted by Gasteiger charge is -2.16. The minimum absolute atomic E-state index is 0.194. The summed E-state index contributed by atoms with van der Waals surface area (Å²) >= 11 is 0. The second-order valence-electron chi connectivity index (χ2n) is 4.58. The third-order valence-corrected chi connectivity index (χ3v) is 2.96. The number of carbonyl (C=O) groups excluding carboxylic acids is 1. The van der Waals surface area contributed by atoms with Crippen molar-refractivity contribution in [2.45, 2.75) is 58.4 Å². The first-order valence-corrected chi connectivity index (χ1v) is 6.58. The minimum atomic E-state index is -0.231. The molecule has 0 heterocycles. The Morgan fingerprint density at radius 1 is 1.19 bits per heavy atom. The highest BCUT2D eigenvalue weighted by Crippen LogP contribution is 2.03. The summed E-state index contributed by atoms with van der Waals surface area (Å²) in [6.07, 6.45) is 6.13. The van der Waals surface area contributed by atoms with Crippen LogP contribution in [0.2, 0.25) is 0 Å². The smallest absolute Gasteiger partial charge is 0.149 e. The first kappa shape index (κ1) is 15.6. The van der Waals surface area contributed by atoms with E-state index in [2.05, 4.69) is 18.9 Å². The van der Waals surface area contributed by atoms with Crippen molar-refractivity contribution in [3.63, 3.8) is 0 Å². The van der Waals surface area contributed by atoms with Crippen LogP contribution in [0.4, 0.5) is 0 Å². The second kappa shape index (κ2) is 9.79. The van der Waals surface area contributed by atoms with Crippen LogP contribution in [0.25, 0.3) is 0 Å². The molecule has 0 aliphatic rings. The molecule has 0 aromatic carbocycles. The van der Waals surface area contributed by atoms with Gasteiger partial charge in [0, 0.05) is 6.42 Å². The zero-order valence-corrected chi connectivity index (χ0v) is 11.2. The molecule has 0 spiro atoms. The first-order valence-electron chi connectivity index (χ1n) is 6.58. The van der Waals surface area contributed by atoms with Gasteiger partial charge in [-0.3, -0.25) is 4.79 Å². The molecule has 3 heteroatoms. The van der Waals surface area contributed by atoms with Crippen LogP contribution in [0.5, 0.6) is 0 Å². The molecule has 0 saturated heterocycles. The summed E-state index contributed by atoms with van der Waals surface area (Å²) in [6.45, 7) is 6.38. The summed E-state index contributed by atoms with van der Waals surface area (Å²) in [6, 6.07) is -0.231. The number of hydrogen-bond acceptors (Lipinski definition) is 3. The van der Waals surface area contributed by atoms with E-state index in [1.807, 2.05) is 6.92 Å². The fraction of sp³-hybridized carbons (Fsp3) is 0.923. The third-order valence-electron chi connectivity index (χ3n) is 2.96. The van der Waals surface area contributed by atoms with Gasteiger partial charge in [0.1, 0.15) is 5.78 Å². The van der Waals surface area contributed by atoms with Crippen LogP contribution in [0.1, 0.15) is 52.4 Å². The Labute approximate surface area is 100 Å². The fourth-order valence-corrected chi connectivity index (χ4v) is 1.71. The van der Waals surface area contributed by atoms with Gasteiger partial charge in [0.25, 0.3) is 0 Å². The van der Waals surface area contributed by atoms with E-state index in [-0.39, 0.29) is 11.8 Å². The normalized spacial score (nSPS) is 13.1. The molecular weight excluding hydrogens is 200 g/mol. The molecule has 1 atom stereocenters. The molecule has 0 unspecified atom stereocenters. The Morgan fingerprint density at radius 3 is 2.38 bits per heavy atom. The standard InChI is InChI=1S/C13H28N2O/c1-4-6-10-15(3)11-8-7-9-12(14)13(16)5-2/h12H,4-11,14H2,1-3H3/t12-/m0/s1. The predicted molar refractivity (Wildman–Crippen MR) is 69.5 cm³/mol. The van der Waals surface area contributed by atoms with Gasteiger partial charge in [0.15, 0.2) is 0 Å². The molecule has 0 aromatic heterocycles. The van der Waals surface area contributed by atoms with Gasteiger partial charge >= 0.3 is 0 Å². The van der Waals surface area contributed by atoms with Crippen molar-refractivity contribution in [3.05, 3.63) is 0 Å². The lowest BCUT2D eigenvalue weighted by Crippen LogP contribution is -2.30. The van der Waals surface area contributed by atoms with Gasteiger partial charge in [0.05, 0.1) is 6.04 Å². The molecule has 3 nitrogen and oxygen atoms in total. The molecule has 16 heavy (non-hydrogen) atoms. The van der Waals surface area contributed by atoms with Gasteiger partial charge in [-0.15, -0.1) is 0 Å². The maximum Gasteiger partial charge on any atom is 0.149 e.